The van der Waals surface area contributed by atoms with E-state index >= 15 is 0 Å². The largest absolute Gasteiger partial charge is 0.460 e. The van der Waals surface area contributed by atoms with Crippen molar-refractivity contribution in [3.63, 3.8) is 0 Å². The van der Waals surface area contributed by atoms with Gasteiger partial charge in [0.05, 0.1) is 42.0 Å². The molecule has 61 heavy (non-hydrogen) atoms. The number of esters is 1. The molecule has 5 unspecified atom stereocenters. The number of aliphatic hydroxyl groups excluding tert-OH is 8. The van der Waals surface area contributed by atoms with E-state index in [4.69, 9.17) is 56.4 Å². The molecule has 22 heteroatoms. The zero-order chi connectivity index (χ0) is 43.3. The van der Waals surface area contributed by atoms with E-state index in [1.54, 1.807) is 6.07 Å². The highest BCUT2D eigenvalue weighted by Gasteiger charge is 2.55. The summed E-state index contributed by atoms with van der Waals surface area (Å²) in [6.07, 6.45) is -16.3. The summed E-state index contributed by atoms with van der Waals surface area (Å²) < 4.78 is 40.7. The van der Waals surface area contributed by atoms with Gasteiger partial charge in [-0.3, -0.25) is 10.2 Å². The van der Waals surface area contributed by atoms with Crippen molar-refractivity contribution in [3.05, 3.63) is 80.3 Å². The molecule has 0 saturated carbocycles. The van der Waals surface area contributed by atoms with Gasteiger partial charge in [-0.2, -0.15) is 0 Å². The fraction of sp³-hybridized carbons (Fsp3) is 0.487. The molecule has 5 aliphatic heterocycles. The van der Waals surface area contributed by atoms with Crippen molar-refractivity contribution in [1.82, 2.24) is 15.8 Å². The van der Waals surface area contributed by atoms with Crippen LogP contribution < -0.4 is 25.0 Å². The Morgan fingerprint density at radius 1 is 0.738 bits per heavy atom. The van der Waals surface area contributed by atoms with Gasteiger partial charge in [0.15, 0.2) is 5.60 Å². The molecule has 0 bridgehead atoms. The highest BCUT2D eigenvalue weighted by atomic mass is 35.5. The fourth-order valence-corrected chi connectivity index (χ4v) is 8.25. The minimum absolute atomic E-state index is 0.0217. The fourth-order valence-electron chi connectivity index (χ4n) is 7.84. The van der Waals surface area contributed by atoms with Crippen molar-refractivity contribution >= 4 is 35.1 Å². The number of morpholine rings is 1. The van der Waals surface area contributed by atoms with Crippen LogP contribution in [0.15, 0.2) is 42.5 Å². The van der Waals surface area contributed by atoms with Crippen molar-refractivity contribution in [2.24, 2.45) is 0 Å². The first-order valence-electron chi connectivity index (χ1n) is 19.3. The number of carbonyl (C=O) groups is 2. The molecule has 10 N–H and O–H groups in total. The molecule has 0 radical (unpaired) electrons. The number of hydrogen-bond donors (Lipinski definition) is 10. The second-order valence-corrected chi connectivity index (χ2v) is 15.7. The summed E-state index contributed by atoms with van der Waals surface area (Å²) in [5.41, 5.74) is 2.12. The van der Waals surface area contributed by atoms with E-state index in [0.29, 0.717) is 32.8 Å². The third-order valence-electron chi connectivity index (χ3n) is 11.1. The molecule has 0 aliphatic carbocycles. The topological polar surface area (TPSA) is 288 Å². The van der Waals surface area contributed by atoms with E-state index < -0.39 is 92.1 Å². The van der Waals surface area contributed by atoms with Crippen LogP contribution in [0.1, 0.15) is 37.4 Å². The minimum Gasteiger partial charge on any atom is -0.460 e. The molecule has 11 atom stereocenters. The first-order valence-corrected chi connectivity index (χ1v) is 20.0. The van der Waals surface area contributed by atoms with Crippen molar-refractivity contribution in [2.75, 3.05) is 52.6 Å². The molecule has 0 aromatic heterocycles. The van der Waals surface area contributed by atoms with E-state index in [1.807, 2.05) is 5.01 Å². The van der Waals surface area contributed by atoms with Crippen LogP contribution in [0.25, 0.3) is 0 Å². The smallest absolute Gasteiger partial charge is 0.340 e. The number of nitrogens with one attached hydrogen (secondary N) is 2. The van der Waals surface area contributed by atoms with E-state index in [-0.39, 0.29) is 67.4 Å². The standard InChI is InChI=1S/C39H43Cl2N3O17/c40-21-10-19-23(12-25(21)57-37-33(51)31(49)29(47)27(14-45)59-37)56-24-13-26(58-38-34(52)32(50)30(48)28(15-46)60-38)22(41)11-20(24)39(19)18-2-1-16(9-17(18)36(54)61-39)35(53)42-3-4-43-44-5-7-55-8-6-44/h1-2,9-13,27-34,37-38,43,45-52H,3-8,14-15H2,(H,42,53)/t27?,28?,29-,30+,31-,32?,33?,34+,37+,38-,39?/m0/s1. The minimum atomic E-state index is -1.86. The molecule has 3 saturated heterocycles. The molecular formula is C39H43Cl2N3O17. The summed E-state index contributed by atoms with van der Waals surface area (Å²) in [6, 6.07) is 9.76. The molecule has 3 fully saturated rings. The molecule has 1 amide bonds. The lowest BCUT2D eigenvalue weighted by Gasteiger charge is -2.40. The third-order valence-corrected chi connectivity index (χ3v) is 11.7. The van der Waals surface area contributed by atoms with Gasteiger partial charge < -0.3 is 79.3 Å². The number of halogens is 2. The third kappa shape index (κ3) is 8.01. The van der Waals surface area contributed by atoms with Crippen molar-refractivity contribution in [3.8, 4) is 23.0 Å². The quantitative estimate of drug-likeness (QED) is 0.0773. The summed E-state index contributed by atoms with van der Waals surface area (Å²) >= 11 is 13.6. The Kier molecular flexibility index (Phi) is 12.7. The number of rotatable bonds is 11. The first-order chi connectivity index (χ1) is 29.2. The maximum Gasteiger partial charge on any atom is 0.340 e. The Hall–Kier alpha value is -3.94. The number of benzene rings is 3. The Bertz CT molecular complexity index is 2050. The Labute approximate surface area is 356 Å². The number of fused-ring (bicyclic) bond motifs is 6. The molecule has 3 aromatic rings. The lowest BCUT2D eigenvalue weighted by atomic mass is 9.77. The molecule has 5 heterocycles. The zero-order valence-corrected chi connectivity index (χ0v) is 33.4. The van der Waals surface area contributed by atoms with Crippen LogP contribution >= 0.6 is 23.2 Å². The Morgan fingerprint density at radius 2 is 1.28 bits per heavy atom. The van der Waals surface area contributed by atoms with Crippen molar-refractivity contribution < 1.29 is 83.6 Å². The summed E-state index contributed by atoms with van der Waals surface area (Å²) in [7, 11) is 0. The van der Waals surface area contributed by atoms with Crippen LogP contribution in [0.4, 0.5) is 0 Å². The maximum atomic E-state index is 13.9. The average molecular weight is 897 g/mol. The summed E-state index contributed by atoms with van der Waals surface area (Å²) in [6.45, 7) is 1.88. The van der Waals surface area contributed by atoms with Crippen LogP contribution in [0.5, 0.6) is 23.0 Å². The van der Waals surface area contributed by atoms with Gasteiger partial charge in [-0.25, -0.2) is 9.80 Å². The number of hydrazine groups is 1. The highest BCUT2D eigenvalue weighted by Crippen LogP contribution is 2.59. The summed E-state index contributed by atoms with van der Waals surface area (Å²) in [5.74, 6) is -1.69. The summed E-state index contributed by atoms with van der Waals surface area (Å²) in [5, 5.41) is 86.7. The van der Waals surface area contributed by atoms with Crippen LogP contribution in [0.3, 0.4) is 0 Å². The molecule has 20 nitrogen and oxygen atoms in total. The predicted octanol–water partition coefficient (Wildman–Crippen LogP) is -1.51. The average Bonchev–Trinajstić information content (AvgIpc) is 3.55. The lowest BCUT2D eigenvalue weighted by Crippen LogP contribution is -2.60. The van der Waals surface area contributed by atoms with Crippen LogP contribution in [0, 0.1) is 0 Å². The number of amides is 1. The first kappa shape index (κ1) is 43.7. The second kappa shape index (κ2) is 17.7. The predicted molar refractivity (Wildman–Crippen MR) is 206 cm³/mol. The maximum absolute atomic E-state index is 13.9. The monoisotopic (exact) mass is 895 g/mol. The van der Waals surface area contributed by atoms with Crippen LogP contribution in [-0.4, -0.2) is 172 Å². The van der Waals surface area contributed by atoms with Gasteiger partial charge in [0.25, 0.3) is 5.91 Å². The molecule has 1 spiro atoms. The number of aliphatic hydroxyl groups is 8. The lowest BCUT2D eigenvalue weighted by molar-refractivity contribution is -0.277. The van der Waals surface area contributed by atoms with E-state index in [0.717, 1.165) is 0 Å². The summed E-state index contributed by atoms with van der Waals surface area (Å²) in [4.78, 5) is 27.3. The highest BCUT2D eigenvalue weighted by molar-refractivity contribution is 6.32. The molecule has 5 aliphatic rings. The van der Waals surface area contributed by atoms with Crippen LogP contribution in [-0.2, 0) is 24.5 Å². The number of ether oxygens (including phenoxy) is 7. The van der Waals surface area contributed by atoms with Crippen molar-refractivity contribution in [1.29, 1.82) is 0 Å². The normalized spacial score (nSPS) is 32.0. The zero-order valence-electron chi connectivity index (χ0n) is 31.9. The van der Waals surface area contributed by atoms with E-state index in [1.165, 1.54) is 36.4 Å². The van der Waals surface area contributed by atoms with Gasteiger partial charge in [-0.15, -0.1) is 0 Å². The molecule has 3 aromatic carbocycles. The SMILES string of the molecule is O=C(NCCNN1CCOCC1)c1ccc2c(c1)C(=O)OC21c2cc(Cl)c(O[C@@H]3OC(CO)[C@H](O)[C@H](O)C3O)cc2Oc2cc(O[C@H]3OC(CO)[C@@H](O)C(O)[C@H]3O)c(Cl)cc21. The van der Waals surface area contributed by atoms with Gasteiger partial charge >= 0.3 is 5.97 Å². The van der Waals surface area contributed by atoms with Crippen LogP contribution in [0.2, 0.25) is 10.0 Å². The van der Waals surface area contributed by atoms with Gasteiger partial charge in [-0.05, 0) is 24.3 Å². The van der Waals surface area contributed by atoms with E-state index in [2.05, 4.69) is 10.7 Å². The van der Waals surface area contributed by atoms with Gasteiger partial charge in [-0.1, -0.05) is 29.3 Å². The van der Waals surface area contributed by atoms with Crippen molar-refractivity contribution in [2.45, 2.75) is 67.0 Å². The van der Waals surface area contributed by atoms with Gasteiger partial charge in [0.1, 0.15) is 71.8 Å². The van der Waals surface area contributed by atoms with E-state index in [9.17, 15) is 50.4 Å². The number of carbonyl (C=O) groups excluding carboxylic acids is 2. The van der Waals surface area contributed by atoms with Gasteiger partial charge in [0.2, 0.25) is 12.6 Å². The Morgan fingerprint density at radius 3 is 1.80 bits per heavy atom. The molecular weight excluding hydrogens is 853 g/mol. The number of nitrogens with zero attached hydrogens (tertiary/aromatic N) is 1. The molecule has 8 rings (SSSR count). The Balaban J connectivity index is 1.15. The second-order valence-electron chi connectivity index (χ2n) is 14.9. The molecule has 330 valence electrons. The van der Waals surface area contributed by atoms with Gasteiger partial charge in [0, 0.05) is 60.6 Å². The number of hydrogen-bond acceptors (Lipinski definition) is 19.